The van der Waals surface area contributed by atoms with Gasteiger partial charge < -0.3 is 10.2 Å². The summed E-state index contributed by atoms with van der Waals surface area (Å²) in [5, 5.41) is 3.35. The number of benzene rings is 1. The Morgan fingerprint density at radius 2 is 2.11 bits per heavy atom. The van der Waals surface area contributed by atoms with Crippen molar-refractivity contribution in [1.29, 1.82) is 0 Å². The van der Waals surface area contributed by atoms with Crippen LogP contribution in [0.15, 0.2) is 24.3 Å². The number of halogens is 1. The third kappa shape index (κ3) is 3.32. The molecule has 1 fully saturated rings. The molecule has 0 spiro atoms. The molecule has 1 aromatic rings. The lowest BCUT2D eigenvalue weighted by Gasteiger charge is -2.31. The van der Waals surface area contributed by atoms with E-state index in [4.69, 9.17) is 0 Å². The SMILES string of the molecule is CCN(C(=O)C1CCNC(C)C1)c1ccc(F)cc1. The van der Waals surface area contributed by atoms with Crippen LogP contribution in [0.25, 0.3) is 0 Å². The van der Waals surface area contributed by atoms with E-state index in [1.165, 1.54) is 12.1 Å². The molecule has 0 aromatic heterocycles. The predicted molar refractivity (Wildman–Crippen MR) is 74.6 cm³/mol. The molecule has 2 unspecified atom stereocenters. The number of anilines is 1. The zero-order valence-electron chi connectivity index (χ0n) is 11.5. The molecule has 0 bridgehead atoms. The first kappa shape index (κ1) is 14.0. The summed E-state index contributed by atoms with van der Waals surface area (Å²) in [6.07, 6.45) is 1.75. The van der Waals surface area contributed by atoms with Crippen molar-refractivity contribution in [3.05, 3.63) is 30.1 Å². The van der Waals surface area contributed by atoms with Gasteiger partial charge in [0, 0.05) is 24.2 Å². The van der Waals surface area contributed by atoms with Crippen LogP contribution in [0.1, 0.15) is 26.7 Å². The van der Waals surface area contributed by atoms with Crippen molar-refractivity contribution in [1.82, 2.24) is 5.32 Å². The maximum atomic E-state index is 12.9. The average molecular weight is 264 g/mol. The number of nitrogens with zero attached hydrogens (tertiary/aromatic N) is 1. The van der Waals surface area contributed by atoms with Crippen LogP contribution in [-0.4, -0.2) is 25.0 Å². The van der Waals surface area contributed by atoms with Gasteiger partial charge in [-0.15, -0.1) is 0 Å². The van der Waals surface area contributed by atoms with E-state index in [2.05, 4.69) is 12.2 Å². The Morgan fingerprint density at radius 3 is 2.68 bits per heavy atom. The summed E-state index contributed by atoms with van der Waals surface area (Å²) in [7, 11) is 0. The molecule has 1 N–H and O–H groups in total. The van der Waals surface area contributed by atoms with E-state index in [0.29, 0.717) is 12.6 Å². The van der Waals surface area contributed by atoms with E-state index >= 15 is 0 Å². The molecule has 0 saturated carbocycles. The van der Waals surface area contributed by atoms with E-state index in [9.17, 15) is 9.18 Å². The van der Waals surface area contributed by atoms with Crippen LogP contribution < -0.4 is 10.2 Å². The number of piperidine rings is 1. The van der Waals surface area contributed by atoms with Crippen LogP contribution in [0.4, 0.5) is 10.1 Å². The molecular weight excluding hydrogens is 243 g/mol. The molecule has 0 radical (unpaired) electrons. The Balaban J connectivity index is 2.12. The standard InChI is InChI=1S/C15H21FN2O/c1-3-18(14-6-4-13(16)5-7-14)15(19)12-8-9-17-11(2)10-12/h4-7,11-12,17H,3,8-10H2,1-2H3. The second kappa shape index (κ2) is 6.15. The first-order valence-electron chi connectivity index (χ1n) is 6.92. The van der Waals surface area contributed by atoms with Crippen LogP contribution in [0.2, 0.25) is 0 Å². The number of nitrogens with one attached hydrogen (secondary N) is 1. The van der Waals surface area contributed by atoms with Gasteiger partial charge in [-0.3, -0.25) is 4.79 Å². The van der Waals surface area contributed by atoms with Gasteiger partial charge in [0.1, 0.15) is 5.82 Å². The minimum absolute atomic E-state index is 0.0706. The van der Waals surface area contributed by atoms with Crippen LogP contribution in [0.3, 0.4) is 0 Å². The monoisotopic (exact) mass is 264 g/mol. The third-order valence-corrected chi connectivity index (χ3v) is 3.69. The van der Waals surface area contributed by atoms with Gasteiger partial charge in [0.25, 0.3) is 0 Å². The van der Waals surface area contributed by atoms with Gasteiger partial charge in [-0.1, -0.05) is 0 Å². The predicted octanol–water partition coefficient (Wildman–Crippen LogP) is 2.57. The molecule has 2 rings (SSSR count). The minimum Gasteiger partial charge on any atom is -0.314 e. The van der Waals surface area contributed by atoms with Crippen molar-refractivity contribution in [3.8, 4) is 0 Å². The first-order chi connectivity index (χ1) is 9.11. The molecule has 1 aromatic carbocycles. The molecule has 0 aliphatic carbocycles. The molecule has 1 heterocycles. The average Bonchev–Trinajstić information content (AvgIpc) is 2.41. The van der Waals surface area contributed by atoms with Crippen molar-refractivity contribution in [2.45, 2.75) is 32.7 Å². The highest BCUT2D eigenvalue weighted by Gasteiger charge is 2.28. The lowest BCUT2D eigenvalue weighted by Crippen LogP contribution is -2.44. The quantitative estimate of drug-likeness (QED) is 0.910. The van der Waals surface area contributed by atoms with Gasteiger partial charge in [0.05, 0.1) is 0 Å². The molecule has 19 heavy (non-hydrogen) atoms. The number of amides is 1. The van der Waals surface area contributed by atoms with Gasteiger partial charge in [0.2, 0.25) is 5.91 Å². The van der Waals surface area contributed by atoms with Crippen molar-refractivity contribution in [2.24, 2.45) is 5.92 Å². The normalized spacial score (nSPS) is 23.1. The van der Waals surface area contributed by atoms with Crippen molar-refractivity contribution >= 4 is 11.6 Å². The fourth-order valence-electron chi connectivity index (χ4n) is 2.66. The van der Waals surface area contributed by atoms with E-state index in [-0.39, 0.29) is 17.6 Å². The summed E-state index contributed by atoms with van der Waals surface area (Å²) in [5.74, 6) is -0.0496. The number of hydrogen-bond donors (Lipinski definition) is 1. The summed E-state index contributed by atoms with van der Waals surface area (Å²) in [6, 6.07) is 6.52. The number of carbonyl (C=O) groups excluding carboxylic acids is 1. The lowest BCUT2D eigenvalue weighted by molar-refractivity contribution is -0.123. The topological polar surface area (TPSA) is 32.3 Å². The van der Waals surface area contributed by atoms with Gasteiger partial charge in [-0.05, 0) is 57.5 Å². The molecule has 4 heteroatoms. The zero-order chi connectivity index (χ0) is 13.8. The summed E-state index contributed by atoms with van der Waals surface area (Å²) < 4.78 is 12.9. The lowest BCUT2D eigenvalue weighted by atomic mass is 9.92. The Morgan fingerprint density at radius 1 is 1.42 bits per heavy atom. The summed E-state index contributed by atoms with van der Waals surface area (Å²) in [4.78, 5) is 14.3. The first-order valence-corrected chi connectivity index (χ1v) is 6.92. The van der Waals surface area contributed by atoms with Gasteiger partial charge in [-0.2, -0.15) is 0 Å². The smallest absolute Gasteiger partial charge is 0.230 e. The van der Waals surface area contributed by atoms with E-state index in [1.807, 2.05) is 6.92 Å². The van der Waals surface area contributed by atoms with Crippen LogP contribution in [0.5, 0.6) is 0 Å². The maximum absolute atomic E-state index is 12.9. The van der Waals surface area contributed by atoms with Crippen molar-refractivity contribution < 1.29 is 9.18 Å². The Labute approximate surface area is 113 Å². The molecule has 2 atom stereocenters. The largest absolute Gasteiger partial charge is 0.314 e. The summed E-state index contributed by atoms with van der Waals surface area (Å²) in [5.41, 5.74) is 0.778. The van der Waals surface area contributed by atoms with Gasteiger partial charge in [-0.25, -0.2) is 4.39 Å². The number of rotatable bonds is 3. The van der Waals surface area contributed by atoms with E-state index < -0.39 is 0 Å². The van der Waals surface area contributed by atoms with Crippen LogP contribution in [-0.2, 0) is 4.79 Å². The Hall–Kier alpha value is -1.42. The van der Waals surface area contributed by atoms with Crippen molar-refractivity contribution in [2.75, 3.05) is 18.0 Å². The second-order valence-electron chi connectivity index (χ2n) is 5.14. The maximum Gasteiger partial charge on any atom is 0.230 e. The van der Waals surface area contributed by atoms with Gasteiger partial charge in [0.15, 0.2) is 0 Å². The fourth-order valence-corrected chi connectivity index (χ4v) is 2.66. The number of carbonyl (C=O) groups is 1. The summed E-state index contributed by atoms with van der Waals surface area (Å²) >= 11 is 0. The third-order valence-electron chi connectivity index (χ3n) is 3.69. The highest BCUT2D eigenvalue weighted by molar-refractivity contribution is 5.95. The Kier molecular flexibility index (Phi) is 4.53. The molecule has 3 nitrogen and oxygen atoms in total. The molecule has 104 valence electrons. The van der Waals surface area contributed by atoms with E-state index in [1.54, 1.807) is 17.0 Å². The molecule has 1 aliphatic rings. The highest BCUT2D eigenvalue weighted by atomic mass is 19.1. The molecular formula is C15H21FN2O. The fraction of sp³-hybridized carbons (Fsp3) is 0.533. The zero-order valence-corrected chi connectivity index (χ0v) is 11.5. The van der Waals surface area contributed by atoms with Gasteiger partial charge >= 0.3 is 0 Å². The second-order valence-corrected chi connectivity index (χ2v) is 5.14. The molecule has 1 aliphatic heterocycles. The molecule has 1 saturated heterocycles. The summed E-state index contributed by atoms with van der Waals surface area (Å²) in [6.45, 7) is 5.56. The number of hydrogen-bond acceptors (Lipinski definition) is 2. The van der Waals surface area contributed by atoms with Crippen LogP contribution >= 0.6 is 0 Å². The van der Waals surface area contributed by atoms with Crippen molar-refractivity contribution in [3.63, 3.8) is 0 Å². The van der Waals surface area contributed by atoms with E-state index in [0.717, 1.165) is 25.1 Å². The minimum atomic E-state index is -0.275. The highest BCUT2D eigenvalue weighted by Crippen LogP contribution is 2.23. The Bertz CT molecular complexity index is 432. The van der Waals surface area contributed by atoms with Crippen LogP contribution in [0, 0.1) is 11.7 Å². The molecule has 1 amide bonds.